The Balaban J connectivity index is 1.92. The highest BCUT2D eigenvalue weighted by Gasteiger charge is 2.41. The van der Waals surface area contributed by atoms with E-state index in [2.05, 4.69) is 10.6 Å². The van der Waals surface area contributed by atoms with Gasteiger partial charge in [-0.1, -0.05) is 41.9 Å². The summed E-state index contributed by atoms with van der Waals surface area (Å²) in [5.41, 5.74) is 1.10. The van der Waals surface area contributed by atoms with Gasteiger partial charge in [0, 0.05) is 22.9 Å². The van der Waals surface area contributed by atoms with E-state index in [1.54, 1.807) is 54.6 Å². The second kappa shape index (κ2) is 7.49. The topological polar surface area (TPSA) is 92.3 Å². The summed E-state index contributed by atoms with van der Waals surface area (Å²) in [6.45, 7) is 0. The summed E-state index contributed by atoms with van der Waals surface area (Å²) in [5.74, 6) is -3.53. The number of rotatable bonds is 5. The third-order valence-corrected chi connectivity index (χ3v) is 4.49. The fourth-order valence-corrected chi connectivity index (χ4v) is 3.10. The molecule has 0 bridgehead atoms. The summed E-state index contributed by atoms with van der Waals surface area (Å²) in [5, 5.41) is 4.69. The highest BCUT2D eigenvalue weighted by molar-refractivity contribution is 6.30. The molecule has 7 heteroatoms. The summed E-state index contributed by atoms with van der Waals surface area (Å²) in [6.07, 6.45) is -0.0641. The molecule has 132 valence electrons. The molecule has 1 aliphatic rings. The Hall–Kier alpha value is -2.99. The van der Waals surface area contributed by atoms with Gasteiger partial charge in [-0.05, 0) is 29.8 Å². The number of barbiturate groups is 1. The van der Waals surface area contributed by atoms with Crippen molar-refractivity contribution in [1.82, 2.24) is 10.6 Å². The minimum absolute atomic E-state index is 0.0641. The van der Waals surface area contributed by atoms with Crippen molar-refractivity contribution in [3.63, 3.8) is 0 Å². The maximum Gasteiger partial charge on any atom is 0.328 e. The summed E-state index contributed by atoms with van der Waals surface area (Å²) in [7, 11) is 0. The van der Waals surface area contributed by atoms with Gasteiger partial charge in [-0.2, -0.15) is 0 Å². The number of ketones is 1. The number of urea groups is 1. The molecule has 0 saturated carbocycles. The van der Waals surface area contributed by atoms with Gasteiger partial charge in [-0.3, -0.25) is 25.0 Å². The van der Waals surface area contributed by atoms with Gasteiger partial charge >= 0.3 is 6.03 Å². The van der Waals surface area contributed by atoms with E-state index in [1.807, 2.05) is 0 Å². The van der Waals surface area contributed by atoms with Crippen molar-refractivity contribution in [2.24, 2.45) is 5.92 Å². The van der Waals surface area contributed by atoms with Crippen LogP contribution in [0, 0.1) is 5.92 Å². The van der Waals surface area contributed by atoms with Crippen molar-refractivity contribution in [1.29, 1.82) is 0 Å². The molecule has 3 rings (SSSR count). The Labute approximate surface area is 154 Å². The number of benzene rings is 2. The average molecular weight is 371 g/mol. The van der Waals surface area contributed by atoms with Crippen LogP contribution in [0.15, 0.2) is 54.6 Å². The standard InChI is InChI=1S/C19H15ClN2O4/c20-13-8-6-12(7-9-13)15(23)10-14(11-4-2-1-3-5-11)16-17(24)21-19(26)22-18(16)25/h1-9,14,16H,10H2,(H2,21,22,24,25,26)/t14-/m1/s1. The Morgan fingerprint density at radius 3 is 2.08 bits per heavy atom. The van der Waals surface area contributed by atoms with Gasteiger partial charge in [0.25, 0.3) is 0 Å². The molecule has 2 N–H and O–H groups in total. The molecule has 1 heterocycles. The molecule has 2 aromatic carbocycles. The molecule has 2 aromatic rings. The minimum Gasteiger partial charge on any atom is -0.294 e. The quantitative estimate of drug-likeness (QED) is 0.625. The number of imide groups is 2. The van der Waals surface area contributed by atoms with Crippen molar-refractivity contribution < 1.29 is 19.2 Å². The number of halogens is 1. The number of Topliss-reactive ketones (excluding diaryl/α,β-unsaturated/α-hetero) is 1. The third-order valence-electron chi connectivity index (χ3n) is 4.24. The number of hydrogen-bond donors (Lipinski definition) is 2. The third kappa shape index (κ3) is 3.81. The van der Waals surface area contributed by atoms with Crippen LogP contribution in [0.2, 0.25) is 5.02 Å². The zero-order valence-electron chi connectivity index (χ0n) is 13.6. The Morgan fingerprint density at radius 1 is 0.923 bits per heavy atom. The van der Waals surface area contributed by atoms with Crippen LogP contribution in [0.25, 0.3) is 0 Å². The molecule has 1 aliphatic heterocycles. The van der Waals surface area contributed by atoms with Crippen molar-refractivity contribution in [3.8, 4) is 0 Å². The number of carbonyl (C=O) groups is 4. The number of hydrogen-bond acceptors (Lipinski definition) is 4. The average Bonchev–Trinajstić information content (AvgIpc) is 2.61. The molecule has 1 saturated heterocycles. The van der Waals surface area contributed by atoms with Crippen LogP contribution in [0.1, 0.15) is 28.3 Å². The van der Waals surface area contributed by atoms with Crippen LogP contribution < -0.4 is 10.6 Å². The maximum atomic E-state index is 12.7. The van der Waals surface area contributed by atoms with Gasteiger partial charge in [-0.15, -0.1) is 0 Å². The lowest BCUT2D eigenvalue weighted by molar-refractivity contribution is -0.136. The molecular weight excluding hydrogens is 356 g/mol. The number of carbonyl (C=O) groups excluding carboxylic acids is 4. The van der Waals surface area contributed by atoms with E-state index in [9.17, 15) is 19.2 Å². The lowest BCUT2D eigenvalue weighted by Crippen LogP contribution is -2.57. The largest absolute Gasteiger partial charge is 0.328 e. The van der Waals surface area contributed by atoms with Crippen molar-refractivity contribution in [2.45, 2.75) is 12.3 Å². The van der Waals surface area contributed by atoms with Crippen molar-refractivity contribution in [3.05, 3.63) is 70.7 Å². The van der Waals surface area contributed by atoms with Crippen LogP contribution in [0.3, 0.4) is 0 Å². The summed E-state index contributed by atoms with van der Waals surface area (Å²) >= 11 is 5.84. The van der Waals surface area contributed by atoms with E-state index < -0.39 is 29.7 Å². The van der Waals surface area contributed by atoms with Gasteiger partial charge in [0.1, 0.15) is 5.92 Å². The molecule has 0 radical (unpaired) electrons. The van der Waals surface area contributed by atoms with E-state index >= 15 is 0 Å². The van der Waals surface area contributed by atoms with E-state index in [4.69, 9.17) is 11.6 Å². The molecule has 1 fully saturated rings. The van der Waals surface area contributed by atoms with E-state index in [0.29, 0.717) is 16.1 Å². The first-order chi connectivity index (χ1) is 12.5. The summed E-state index contributed by atoms with van der Waals surface area (Å²) in [4.78, 5) is 48.5. The van der Waals surface area contributed by atoms with Crippen LogP contribution in [-0.4, -0.2) is 23.6 Å². The highest BCUT2D eigenvalue weighted by Crippen LogP contribution is 2.31. The smallest absolute Gasteiger partial charge is 0.294 e. The molecule has 6 nitrogen and oxygen atoms in total. The predicted molar refractivity (Wildman–Crippen MR) is 94.8 cm³/mol. The lowest BCUT2D eigenvalue weighted by Gasteiger charge is -2.28. The van der Waals surface area contributed by atoms with Crippen LogP contribution in [0.5, 0.6) is 0 Å². The van der Waals surface area contributed by atoms with Gasteiger partial charge < -0.3 is 0 Å². The van der Waals surface area contributed by atoms with Crippen molar-refractivity contribution in [2.75, 3.05) is 0 Å². The lowest BCUT2D eigenvalue weighted by atomic mass is 9.79. The van der Waals surface area contributed by atoms with Crippen molar-refractivity contribution >= 4 is 35.2 Å². The number of nitrogens with one attached hydrogen (secondary N) is 2. The molecule has 1 atom stereocenters. The molecule has 0 aromatic heterocycles. The molecule has 4 amide bonds. The van der Waals surface area contributed by atoms with E-state index in [1.165, 1.54) is 0 Å². The summed E-state index contributed by atoms with van der Waals surface area (Å²) in [6, 6.07) is 14.4. The van der Waals surface area contributed by atoms with Crippen LogP contribution in [-0.2, 0) is 9.59 Å². The second-order valence-electron chi connectivity index (χ2n) is 5.94. The minimum atomic E-state index is -1.17. The predicted octanol–water partition coefficient (Wildman–Crippen LogP) is 2.68. The van der Waals surface area contributed by atoms with Gasteiger partial charge in [-0.25, -0.2) is 4.79 Å². The molecular formula is C19H15ClN2O4. The fraction of sp³-hybridized carbons (Fsp3) is 0.158. The van der Waals surface area contributed by atoms with Gasteiger partial charge in [0.2, 0.25) is 11.8 Å². The first-order valence-electron chi connectivity index (χ1n) is 7.95. The zero-order chi connectivity index (χ0) is 18.7. The first kappa shape index (κ1) is 17.8. The Bertz CT molecular complexity index is 845. The molecule has 26 heavy (non-hydrogen) atoms. The SMILES string of the molecule is O=C1NC(=O)C([C@H](CC(=O)c2ccc(Cl)cc2)c2ccccc2)C(=O)N1. The second-order valence-corrected chi connectivity index (χ2v) is 6.37. The summed E-state index contributed by atoms with van der Waals surface area (Å²) < 4.78 is 0. The van der Waals surface area contributed by atoms with Gasteiger partial charge in [0.05, 0.1) is 0 Å². The Morgan fingerprint density at radius 2 is 1.50 bits per heavy atom. The Kier molecular flexibility index (Phi) is 5.14. The normalized spacial score (nSPS) is 16.0. The zero-order valence-corrected chi connectivity index (χ0v) is 14.3. The molecule has 0 aliphatic carbocycles. The number of amides is 4. The molecule has 0 unspecified atom stereocenters. The fourth-order valence-electron chi connectivity index (χ4n) is 2.98. The maximum absolute atomic E-state index is 12.7. The van der Waals surface area contributed by atoms with E-state index in [-0.39, 0.29) is 12.2 Å². The van der Waals surface area contributed by atoms with Crippen LogP contribution >= 0.6 is 11.6 Å². The van der Waals surface area contributed by atoms with E-state index in [0.717, 1.165) is 0 Å². The highest BCUT2D eigenvalue weighted by atomic mass is 35.5. The van der Waals surface area contributed by atoms with Crippen LogP contribution in [0.4, 0.5) is 4.79 Å². The molecule has 0 spiro atoms. The monoisotopic (exact) mass is 370 g/mol. The first-order valence-corrected chi connectivity index (χ1v) is 8.33. The van der Waals surface area contributed by atoms with Gasteiger partial charge in [0.15, 0.2) is 5.78 Å².